The molecule has 0 bridgehead atoms. The van der Waals surface area contributed by atoms with Crippen molar-refractivity contribution in [1.82, 2.24) is 4.98 Å². The molecule has 0 N–H and O–H groups in total. The number of fused-ring (bicyclic) bond motifs is 1. The third-order valence-electron chi connectivity index (χ3n) is 4.32. The number of carbonyl (C=O) groups is 2. The SMILES string of the molecule is CCCc1cc(C(=O)OCC(=O)c2ccc(OCC)cc2)c2ccccc2n1. The van der Waals surface area contributed by atoms with Gasteiger partial charge in [-0.2, -0.15) is 0 Å². The van der Waals surface area contributed by atoms with Crippen LogP contribution in [0, 0.1) is 0 Å². The molecule has 0 saturated heterocycles. The van der Waals surface area contributed by atoms with Gasteiger partial charge in [-0.25, -0.2) is 4.79 Å². The van der Waals surface area contributed by atoms with Gasteiger partial charge < -0.3 is 9.47 Å². The van der Waals surface area contributed by atoms with Crippen molar-refractivity contribution in [2.24, 2.45) is 0 Å². The standard InChI is InChI=1S/C23H23NO4/c1-3-7-17-14-20(19-8-5-6-9-21(19)24-17)23(26)28-15-22(25)16-10-12-18(13-11-16)27-4-2/h5-6,8-14H,3-4,7,15H2,1-2H3. The van der Waals surface area contributed by atoms with Gasteiger partial charge in [0.25, 0.3) is 0 Å². The number of aryl methyl sites for hydroxylation is 1. The van der Waals surface area contributed by atoms with E-state index in [1.165, 1.54) is 0 Å². The van der Waals surface area contributed by atoms with Crippen molar-refractivity contribution >= 4 is 22.7 Å². The quantitative estimate of drug-likeness (QED) is 0.423. The van der Waals surface area contributed by atoms with Crippen LogP contribution in [-0.4, -0.2) is 30.0 Å². The lowest BCUT2D eigenvalue weighted by Gasteiger charge is -2.10. The monoisotopic (exact) mass is 377 g/mol. The fraction of sp³-hybridized carbons (Fsp3) is 0.261. The smallest absolute Gasteiger partial charge is 0.339 e. The van der Waals surface area contributed by atoms with E-state index >= 15 is 0 Å². The minimum Gasteiger partial charge on any atom is -0.494 e. The number of aromatic nitrogens is 1. The third kappa shape index (κ3) is 4.55. The van der Waals surface area contributed by atoms with E-state index in [4.69, 9.17) is 9.47 Å². The van der Waals surface area contributed by atoms with Crippen molar-refractivity contribution in [3.8, 4) is 5.75 Å². The highest BCUT2D eigenvalue weighted by Crippen LogP contribution is 2.20. The van der Waals surface area contributed by atoms with Gasteiger partial charge in [-0.3, -0.25) is 9.78 Å². The molecule has 0 unspecified atom stereocenters. The first-order chi connectivity index (χ1) is 13.6. The van der Waals surface area contributed by atoms with Gasteiger partial charge in [0.2, 0.25) is 0 Å². The first-order valence-corrected chi connectivity index (χ1v) is 9.44. The van der Waals surface area contributed by atoms with Crippen molar-refractivity contribution in [2.75, 3.05) is 13.2 Å². The lowest BCUT2D eigenvalue weighted by Crippen LogP contribution is -2.15. The van der Waals surface area contributed by atoms with Gasteiger partial charge in [-0.1, -0.05) is 31.5 Å². The molecule has 0 radical (unpaired) electrons. The van der Waals surface area contributed by atoms with Crippen LogP contribution in [0.15, 0.2) is 54.6 Å². The number of carbonyl (C=O) groups excluding carboxylic acids is 2. The van der Waals surface area contributed by atoms with Crippen LogP contribution in [0.5, 0.6) is 5.75 Å². The van der Waals surface area contributed by atoms with Gasteiger partial charge in [0.15, 0.2) is 12.4 Å². The van der Waals surface area contributed by atoms with E-state index in [9.17, 15) is 9.59 Å². The second-order valence-corrected chi connectivity index (χ2v) is 6.39. The van der Waals surface area contributed by atoms with Gasteiger partial charge in [0.05, 0.1) is 17.7 Å². The minimum absolute atomic E-state index is 0.261. The Kier molecular flexibility index (Phi) is 6.37. The molecule has 0 saturated carbocycles. The number of ether oxygens (including phenoxy) is 2. The number of esters is 1. The molecule has 28 heavy (non-hydrogen) atoms. The summed E-state index contributed by atoms with van der Waals surface area (Å²) >= 11 is 0. The fourth-order valence-electron chi connectivity index (χ4n) is 2.98. The van der Waals surface area contributed by atoms with E-state index in [0.717, 1.165) is 29.4 Å². The topological polar surface area (TPSA) is 65.5 Å². The zero-order valence-electron chi connectivity index (χ0n) is 16.1. The van der Waals surface area contributed by atoms with E-state index in [2.05, 4.69) is 11.9 Å². The number of hydrogen-bond acceptors (Lipinski definition) is 5. The van der Waals surface area contributed by atoms with Crippen LogP contribution in [0.25, 0.3) is 10.9 Å². The van der Waals surface area contributed by atoms with Crippen LogP contribution in [0.4, 0.5) is 0 Å². The Labute approximate surface area is 164 Å². The van der Waals surface area contributed by atoms with E-state index in [-0.39, 0.29) is 12.4 Å². The predicted molar refractivity (Wildman–Crippen MR) is 108 cm³/mol. The molecule has 3 rings (SSSR count). The number of nitrogens with zero attached hydrogens (tertiary/aromatic N) is 1. The average Bonchev–Trinajstić information content (AvgIpc) is 2.72. The molecule has 0 amide bonds. The van der Waals surface area contributed by atoms with Gasteiger partial charge in [0, 0.05) is 16.6 Å². The van der Waals surface area contributed by atoms with Crippen LogP contribution in [0.2, 0.25) is 0 Å². The summed E-state index contributed by atoms with van der Waals surface area (Å²) in [4.78, 5) is 29.6. The van der Waals surface area contributed by atoms with Crippen molar-refractivity contribution in [3.05, 3.63) is 71.4 Å². The number of benzene rings is 2. The summed E-state index contributed by atoms with van der Waals surface area (Å²) in [6.07, 6.45) is 1.70. The molecule has 0 aliphatic heterocycles. The maximum Gasteiger partial charge on any atom is 0.339 e. The number of Topliss-reactive ketones (excluding diaryl/α,β-unsaturated/α-hetero) is 1. The normalized spacial score (nSPS) is 10.6. The Morgan fingerprint density at radius 3 is 2.46 bits per heavy atom. The molecule has 0 fully saturated rings. The van der Waals surface area contributed by atoms with Crippen molar-refractivity contribution in [1.29, 1.82) is 0 Å². The molecule has 0 aliphatic rings. The predicted octanol–water partition coefficient (Wildman–Crippen LogP) is 4.63. The molecule has 0 atom stereocenters. The Morgan fingerprint density at radius 1 is 1.00 bits per heavy atom. The molecule has 1 aromatic heterocycles. The second-order valence-electron chi connectivity index (χ2n) is 6.39. The summed E-state index contributed by atoms with van der Waals surface area (Å²) in [5.41, 5.74) is 2.50. The Hall–Kier alpha value is -3.21. The summed E-state index contributed by atoms with van der Waals surface area (Å²) in [7, 11) is 0. The van der Waals surface area contributed by atoms with Crippen LogP contribution >= 0.6 is 0 Å². The summed E-state index contributed by atoms with van der Waals surface area (Å²) in [5.74, 6) is -0.0819. The van der Waals surface area contributed by atoms with Crippen molar-refractivity contribution in [2.45, 2.75) is 26.7 Å². The van der Waals surface area contributed by atoms with Crippen LogP contribution in [0.3, 0.4) is 0 Å². The summed E-state index contributed by atoms with van der Waals surface area (Å²) in [6, 6.07) is 16.0. The lowest BCUT2D eigenvalue weighted by atomic mass is 10.1. The molecule has 1 heterocycles. The molecule has 0 spiro atoms. The highest BCUT2D eigenvalue weighted by molar-refractivity contribution is 6.05. The van der Waals surface area contributed by atoms with Gasteiger partial charge in [-0.15, -0.1) is 0 Å². The molecule has 2 aromatic carbocycles. The number of ketones is 1. The lowest BCUT2D eigenvalue weighted by molar-refractivity contribution is 0.0476. The van der Waals surface area contributed by atoms with Crippen LogP contribution in [0.1, 0.15) is 46.7 Å². The maximum atomic E-state index is 12.7. The summed E-state index contributed by atoms with van der Waals surface area (Å²) in [6.45, 7) is 4.20. The molecule has 0 aliphatic carbocycles. The fourth-order valence-corrected chi connectivity index (χ4v) is 2.98. The van der Waals surface area contributed by atoms with E-state index in [1.54, 1.807) is 30.3 Å². The zero-order chi connectivity index (χ0) is 19.9. The van der Waals surface area contributed by atoms with E-state index in [1.807, 2.05) is 31.2 Å². The Bertz CT molecular complexity index is 980. The summed E-state index contributed by atoms with van der Waals surface area (Å²) < 4.78 is 10.7. The zero-order valence-corrected chi connectivity index (χ0v) is 16.1. The largest absolute Gasteiger partial charge is 0.494 e. The molecule has 5 heteroatoms. The number of pyridine rings is 1. The van der Waals surface area contributed by atoms with Crippen LogP contribution in [-0.2, 0) is 11.2 Å². The van der Waals surface area contributed by atoms with Crippen LogP contribution < -0.4 is 4.74 Å². The highest BCUT2D eigenvalue weighted by Gasteiger charge is 2.16. The average molecular weight is 377 g/mol. The molecule has 3 aromatic rings. The summed E-state index contributed by atoms with van der Waals surface area (Å²) in [5, 5.41) is 0.723. The van der Waals surface area contributed by atoms with E-state index in [0.29, 0.717) is 23.5 Å². The third-order valence-corrected chi connectivity index (χ3v) is 4.32. The highest BCUT2D eigenvalue weighted by atomic mass is 16.5. The number of para-hydroxylation sites is 1. The number of rotatable bonds is 8. The first-order valence-electron chi connectivity index (χ1n) is 9.44. The minimum atomic E-state index is -0.518. The molecular formula is C23H23NO4. The van der Waals surface area contributed by atoms with Gasteiger partial charge >= 0.3 is 5.97 Å². The molecular weight excluding hydrogens is 354 g/mol. The van der Waals surface area contributed by atoms with Gasteiger partial charge in [0.1, 0.15) is 5.75 Å². The number of hydrogen-bond donors (Lipinski definition) is 0. The molecule has 5 nitrogen and oxygen atoms in total. The van der Waals surface area contributed by atoms with Crippen molar-refractivity contribution < 1.29 is 19.1 Å². The van der Waals surface area contributed by atoms with Gasteiger partial charge in [-0.05, 0) is 49.7 Å². The molecule has 144 valence electrons. The maximum absolute atomic E-state index is 12.7. The Balaban J connectivity index is 1.74. The van der Waals surface area contributed by atoms with E-state index < -0.39 is 5.97 Å². The Morgan fingerprint density at radius 2 is 1.75 bits per heavy atom. The van der Waals surface area contributed by atoms with Crippen molar-refractivity contribution in [3.63, 3.8) is 0 Å². The first kappa shape index (κ1) is 19.5. The second kappa shape index (κ2) is 9.13.